The summed E-state index contributed by atoms with van der Waals surface area (Å²) >= 11 is 11.8. The van der Waals surface area contributed by atoms with Crippen molar-refractivity contribution in [1.29, 1.82) is 0 Å². The second-order valence-electron chi connectivity index (χ2n) is 5.17. The minimum absolute atomic E-state index is 0.0436. The van der Waals surface area contributed by atoms with Crippen molar-refractivity contribution in [3.05, 3.63) is 56.3 Å². The normalized spacial score (nSPS) is 10.5. The summed E-state index contributed by atoms with van der Waals surface area (Å²) in [5, 5.41) is 0.823. The molecular formula is C17H17Cl2NO4. The van der Waals surface area contributed by atoms with Crippen LogP contribution in [0.3, 0.4) is 0 Å². The van der Waals surface area contributed by atoms with Gasteiger partial charge in [-0.25, -0.2) is 9.59 Å². The average molecular weight is 370 g/mol. The molecule has 7 heteroatoms. The number of H-pyrrole nitrogens is 1. The number of benzene rings is 1. The molecule has 1 aromatic carbocycles. The Morgan fingerprint density at radius 3 is 2.42 bits per heavy atom. The van der Waals surface area contributed by atoms with E-state index in [4.69, 9.17) is 32.7 Å². The molecule has 0 aliphatic carbocycles. The zero-order valence-corrected chi connectivity index (χ0v) is 15.0. The predicted molar refractivity (Wildman–Crippen MR) is 91.8 cm³/mol. The zero-order valence-electron chi connectivity index (χ0n) is 13.5. The first-order valence-corrected chi connectivity index (χ1v) is 8.08. The second-order valence-corrected chi connectivity index (χ2v) is 5.98. The molecular weight excluding hydrogens is 353 g/mol. The first-order valence-electron chi connectivity index (χ1n) is 7.32. The van der Waals surface area contributed by atoms with Crippen molar-refractivity contribution >= 4 is 35.1 Å². The maximum absolute atomic E-state index is 12.3. The third kappa shape index (κ3) is 3.91. The molecule has 24 heavy (non-hydrogen) atoms. The van der Waals surface area contributed by atoms with Gasteiger partial charge in [0.05, 0.1) is 22.2 Å². The minimum Gasteiger partial charge on any atom is -0.462 e. The molecule has 0 unspecified atom stereocenters. The molecule has 0 saturated heterocycles. The Kier molecular flexibility index (Phi) is 5.91. The van der Waals surface area contributed by atoms with Gasteiger partial charge >= 0.3 is 11.9 Å². The number of aromatic nitrogens is 1. The van der Waals surface area contributed by atoms with Gasteiger partial charge in [-0.2, -0.15) is 0 Å². The number of aryl methyl sites for hydroxylation is 1. The Morgan fingerprint density at radius 1 is 1.08 bits per heavy atom. The average Bonchev–Trinajstić information content (AvgIpc) is 2.83. The van der Waals surface area contributed by atoms with E-state index in [2.05, 4.69) is 4.98 Å². The fourth-order valence-corrected chi connectivity index (χ4v) is 2.63. The van der Waals surface area contributed by atoms with Gasteiger partial charge in [0.1, 0.15) is 12.3 Å². The lowest BCUT2D eigenvalue weighted by atomic mass is 10.1. The first-order chi connectivity index (χ1) is 11.3. The Balaban J connectivity index is 2.14. The number of carbonyl (C=O) groups is 2. The largest absolute Gasteiger partial charge is 0.462 e. The Hall–Kier alpha value is -1.98. The number of hydrogen-bond acceptors (Lipinski definition) is 4. The summed E-state index contributed by atoms with van der Waals surface area (Å²) in [7, 11) is 0. The van der Waals surface area contributed by atoms with Gasteiger partial charge in [0.15, 0.2) is 0 Å². The highest BCUT2D eigenvalue weighted by atomic mass is 35.5. The van der Waals surface area contributed by atoms with E-state index in [1.54, 1.807) is 39.0 Å². The molecule has 0 spiro atoms. The molecule has 0 aliphatic rings. The molecule has 1 N–H and O–H groups in total. The number of aromatic amines is 1. The summed E-state index contributed by atoms with van der Waals surface area (Å²) in [6, 6.07) is 4.99. The maximum atomic E-state index is 12.3. The van der Waals surface area contributed by atoms with Crippen LogP contribution in [-0.2, 0) is 16.1 Å². The van der Waals surface area contributed by atoms with Gasteiger partial charge in [-0.1, -0.05) is 29.3 Å². The molecule has 0 bridgehead atoms. The SMILES string of the molecule is CCOC(=O)c1c(C)[nH]c(C(=O)OCc2ccc(Cl)c(Cl)c2)c1C. The standard InChI is InChI=1S/C17H17Cl2NO4/c1-4-23-16(21)14-9(2)15(20-10(14)3)17(22)24-8-11-5-6-12(18)13(19)7-11/h5-7,20H,4,8H2,1-3H3. The Bertz CT molecular complexity index is 783. The molecule has 0 saturated carbocycles. The molecule has 0 fully saturated rings. The van der Waals surface area contributed by atoms with Crippen LogP contribution >= 0.6 is 23.2 Å². The van der Waals surface area contributed by atoms with Gasteiger partial charge < -0.3 is 14.5 Å². The number of ether oxygens (including phenoxy) is 2. The van der Waals surface area contributed by atoms with Gasteiger partial charge in [0, 0.05) is 5.69 Å². The van der Waals surface area contributed by atoms with Crippen molar-refractivity contribution in [3.63, 3.8) is 0 Å². The molecule has 1 heterocycles. The lowest BCUT2D eigenvalue weighted by Crippen LogP contribution is -2.09. The van der Waals surface area contributed by atoms with Gasteiger partial charge in [0.2, 0.25) is 0 Å². The van der Waals surface area contributed by atoms with Crippen molar-refractivity contribution in [1.82, 2.24) is 4.98 Å². The van der Waals surface area contributed by atoms with Gasteiger partial charge in [-0.3, -0.25) is 0 Å². The minimum atomic E-state index is -0.558. The third-order valence-electron chi connectivity index (χ3n) is 3.48. The van der Waals surface area contributed by atoms with Crippen LogP contribution in [0.5, 0.6) is 0 Å². The number of hydrogen-bond donors (Lipinski definition) is 1. The summed E-state index contributed by atoms with van der Waals surface area (Å²) in [4.78, 5) is 27.1. The van der Waals surface area contributed by atoms with E-state index in [-0.39, 0.29) is 18.9 Å². The zero-order chi connectivity index (χ0) is 17.9. The summed E-state index contributed by atoms with van der Waals surface area (Å²) in [6.45, 7) is 5.41. The molecule has 1 aromatic heterocycles. The van der Waals surface area contributed by atoms with E-state index in [0.717, 1.165) is 0 Å². The molecule has 0 aliphatic heterocycles. The van der Waals surface area contributed by atoms with Crippen LogP contribution in [0, 0.1) is 13.8 Å². The van der Waals surface area contributed by atoms with E-state index in [0.29, 0.717) is 32.4 Å². The topological polar surface area (TPSA) is 68.4 Å². The molecule has 0 amide bonds. The molecule has 0 atom stereocenters. The highest BCUT2D eigenvalue weighted by Gasteiger charge is 2.23. The number of halogens is 2. The van der Waals surface area contributed by atoms with Gasteiger partial charge in [-0.05, 0) is 44.0 Å². The van der Waals surface area contributed by atoms with Crippen molar-refractivity contribution in [3.8, 4) is 0 Å². The van der Waals surface area contributed by atoms with Crippen molar-refractivity contribution < 1.29 is 19.1 Å². The van der Waals surface area contributed by atoms with Gasteiger partial charge in [-0.15, -0.1) is 0 Å². The van der Waals surface area contributed by atoms with Crippen LogP contribution in [0.2, 0.25) is 10.0 Å². The number of rotatable bonds is 5. The first kappa shape index (κ1) is 18.4. The highest BCUT2D eigenvalue weighted by Crippen LogP contribution is 2.24. The lowest BCUT2D eigenvalue weighted by molar-refractivity contribution is 0.0465. The van der Waals surface area contributed by atoms with E-state index in [1.807, 2.05) is 0 Å². The molecule has 5 nitrogen and oxygen atoms in total. The molecule has 2 aromatic rings. The van der Waals surface area contributed by atoms with Crippen LogP contribution in [0.1, 0.15) is 44.6 Å². The van der Waals surface area contributed by atoms with Gasteiger partial charge in [0.25, 0.3) is 0 Å². The molecule has 2 rings (SSSR count). The Labute approximate surface area is 149 Å². The summed E-state index contributed by atoms with van der Waals surface area (Å²) in [5.74, 6) is -1.02. The second kappa shape index (κ2) is 7.73. The Morgan fingerprint density at radius 2 is 1.79 bits per heavy atom. The van der Waals surface area contributed by atoms with E-state index < -0.39 is 11.9 Å². The number of esters is 2. The van der Waals surface area contributed by atoms with Crippen LogP contribution in [0.25, 0.3) is 0 Å². The monoisotopic (exact) mass is 369 g/mol. The lowest BCUT2D eigenvalue weighted by Gasteiger charge is -2.06. The van der Waals surface area contributed by atoms with E-state index in [1.165, 1.54) is 0 Å². The highest BCUT2D eigenvalue weighted by molar-refractivity contribution is 6.42. The summed E-state index contributed by atoms with van der Waals surface area (Å²) in [6.07, 6.45) is 0. The van der Waals surface area contributed by atoms with Crippen LogP contribution in [-0.4, -0.2) is 23.5 Å². The fraction of sp³-hybridized carbons (Fsp3) is 0.294. The van der Waals surface area contributed by atoms with Crippen LogP contribution in [0.15, 0.2) is 18.2 Å². The predicted octanol–water partition coefficient (Wildman–Crippen LogP) is 4.47. The van der Waals surface area contributed by atoms with E-state index in [9.17, 15) is 9.59 Å². The van der Waals surface area contributed by atoms with Crippen molar-refractivity contribution in [2.45, 2.75) is 27.4 Å². The number of carbonyl (C=O) groups excluding carboxylic acids is 2. The summed E-state index contributed by atoms with van der Waals surface area (Å²) < 4.78 is 10.3. The summed E-state index contributed by atoms with van der Waals surface area (Å²) in [5.41, 5.74) is 2.37. The fourth-order valence-electron chi connectivity index (χ4n) is 2.31. The van der Waals surface area contributed by atoms with Crippen LogP contribution < -0.4 is 0 Å². The molecule has 128 valence electrons. The number of nitrogens with one attached hydrogen (secondary N) is 1. The quantitative estimate of drug-likeness (QED) is 0.789. The van der Waals surface area contributed by atoms with E-state index >= 15 is 0 Å². The molecule has 0 radical (unpaired) electrons. The maximum Gasteiger partial charge on any atom is 0.355 e. The smallest absolute Gasteiger partial charge is 0.355 e. The third-order valence-corrected chi connectivity index (χ3v) is 4.21. The van der Waals surface area contributed by atoms with Crippen molar-refractivity contribution in [2.24, 2.45) is 0 Å². The van der Waals surface area contributed by atoms with Crippen LogP contribution in [0.4, 0.5) is 0 Å². The van der Waals surface area contributed by atoms with Crippen molar-refractivity contribution in [2.75, 3.05) is 6.61 Å².